The topological polar surface area (TPSA) is 61.4 Å². The number of benzene rings is 1. The zero-order chi connectivity index (χ0) is 16.8. The molecule has 0 amide bonds. The van der Waals surface area contributed by atoms with Crippen molar-refractivity contribution in [1.29, 1.82) is 0 Å². The van der Waals surface area contributed by atoms with Crippen molar-refractivity contribution in [3.8, 4) is 0 Å². The molecule has 0 radical (unpaired) electrons. The average Bonchev–Trinajstić information content (AvgIpc) is 2.43. The van der Waals surface area contributed by atoms with Gasteiger partial charge in [0.05, 0.1) is 0 Å². The Balaban J connectivity index is 2.90. The Bertz CT molecular complexity index is 542. The van der Waals surface area contributed by atoms with E-state index in [0.29, 0.717) is 11.6 Å². The highest BCUT2D eigenvalue weighted by Crippen LogP contribution is 2.22. The quantitative estimate of drug-likeness (QED) is 0.721. The SMILES string of the molecule is CCN(CC)C(CNS(=O)(=O)NC(C)C)c1ccc(Cl)cc1. The van der Waals surface area contributed by atoms with Gasteiger partial charge in [-0.15, -0.1) is 0 Å². The molecule has 7 heteroatoms. The number of hydrogen-bond acceptors (Lipinski definition) is 3. The van der Waals surface area contributed by atoms with Crippen molar-refractivity contribution in [3.63, 3.8) is 0 Å². The predicted octanol–water partition coefficient (Wildman–Crippen LogP) is 2.56. The summed E-state index contributed by atoms with van der Waals surface area (Å²) in [5, 5.41) is 0.670. The van der Waals surface area contributed by atoms with E-state index < -0.39 is 10.2 Å². The van der Waals surface area contributed by atoms with Crippen LogP contribution in [0.1, 0.15) is 39.3 Å². The molecule has 0 aliphatic rings. The van der Waals surface area contributed by atoms with Gasteiger partial charge in [0, 0.05) is 23.7 Å². The fourth-order valence-electron chi connectivity index (χ4n) is 2.35. The summed E-state index contributed by atoms with van der Waals surface area (Å²) in [6, 6.07) is 7.36. The summed E-state index contributed by atoms with van der Waals surface area (Å²) in [6.45, 7) is 9.69. The van der Waals surface area contributed by atoms with Gasteiger partial charge >= 0.3 is 0 Å². The number of nitrogens with zero attached hydrogens (tertiary/aromatic N) is 1. The molecule has 0 saturated heterocycles. The Morgan fingerprint density at radius 3 is 2.14 bits per heavy atom. The van der Waals surface area contributed by atoms with Crippen molar-refractivity contribution >= 4 is 21.8 Å². The molecule has 0 aromatic heterocycles. The molecule has 1 aromatic rings. The van der Waals surface area contributed by atoms with Crippen LogP contribution in [0, 0.1) is 0 Å². The van der Waals surface area contributed by atoms with Crippen molar-refractivity contribution in [2.24, 2.45) is 0 Å². The Hall–Kier alpha value is -0.660. The number of halogens is 1. The van der Waals surface area contributed by atoms with E-state index in [0.717, 1.165) is 18.7 Å². The summed E-state index contributed by atoms with van der Waals surface area (Å²) in [7, 11) is -3.49. The maximum atomic E-state index is 12.0. The van der Waals surface area contributed by atoms with Gasteiger partial charge in [0.25, 0.3) is 10.2 Å². The van der Waals surface area contributed by atoms with E-state index in [9.17, 15) is 8.42 Å². The molecule has 1 aromatic carbocycles. The molecule has 126 valence electrons. The summed E-state index contributed by atoms with van der Waals surface area (Å²) in [4.78, 5) is 2.21. The molecular weight excluding hydrogens is 322 g/mol. The smallest absolute Gasteiger partial charge is 0.277 e. The summed E-state index contributed by atoms with van der Waals surface area (Å²) in [5.41, 5.74) is 1.04. The standard InChI is InChI=1S/C15H26ClN3O2S/c1-5-19(6-2)15(13-7-9-14(16)10-8-13)11-17-22(20,21)18-12(3)4/h7-10,12,15,17-18H,5-6,11H2,1-4H3. The van der Waals surface area contributed by atoms with Gasteiger partial charge in [-0.05, 0) is 44.6 Å². The van der Waals surface area contributed by atoms with Gasteiger partial charge in [-0.25, -0.2) is 4.72 Å². The fourth-order valence-corrected chi connectivity index (χ4v) is 3.55. The largest absolute Gasteiger partial charge is 0.296 e. The van der Waals surface area contributed by atoms with E-state index in [1.54, 1.807) is 13.8 Å². The first-order chi connectivity index (χ1) is 10.3. The van der Waals surface area contributed by atoms with Crippen LogP contribution < -0.4 is 9.44 Å². The zero-order valence-electron chi connectivity index (χ0n) is 13.6. The minimum Gasteiger partial charge on any atom is -0.296 e. The van der Waals surface area contributed by atoms with Crippen LogP contribution in [-0.2, 0) is 10.2 Å². The predicted molar refractivity (Wildman–Crippen MR) is 92.3 cm³/mol. The maximum absolute atomic E-state index is 12.0. The molecule has 1 atom stereocenters. The van der Waals surface area contributed by atoms with Crippen molar-refractivity contribution in [3.05, 3.63) is 34.9 Å². The molecule has 5 nitrogen and oxygen atoms in total. The molecule has 0 heterocycles. The van der Waals surface area contributed by atoms with Crippen LogP contribution in [0.15, 0.2) is 24.3 Å². The summed E-state index contributed by atoms with van der Waals surface area (Å²) in [6.07, 6.45) is 0. The van der Waals surface area contributed by atoms with Gasteiger partial charge < -0.3 is 0 Å². The molecule has 0 bridgehead atoms. The van der Waals surface area contributed by atoms with E-state index in [1.807, 2.05) is 24.3 Å². The van der Waals surface area contributed by atoms with Gasteiger partial charge in [-0.2, -0.15) is 13.1 Å². The monoisotopic (exact) mass is 347 g/mol. The summed E-state index contributed by atoms with van der Waals surface area (Å²) < 4.78 is 29.1. The maximum Gasteiger partial charge on any atom is 0.277 e. The lowest BCUT2D eigenvalue weighted by Gasteiger charge is -2.30. The van der Waals surface area contributed by atoms with Crippen LogP contribution in [0.4, 0.5) is 0 Å². The molecule has 0 aliphatic carbocycles. The van der Waals surface area contributed by atoms with Crippen LogP contribution in [-0.4, -0.2) is 39.0 Å². The van der Waals surface area contributed by atoms with E-state index in [-0.39, 0.29) is 12.1 Å². The van der Waals surface area contributed by atoms with Crippen LogP contribution in [0.5, 0.6) is 0 Å². The molecule has 0 spiro atoms. The Morgan fingerprint density at radius 1 is 1.14 bits per heavy atom. The molecular formula is C15H26ClN3O2S. The molecule has 0 aliphatic heterocycles. The third kappa shape index (κ3) is 6.22. The highest BCUT2D eigenvalue weighted by atomic mass is 35.5. The number of likely N-dealkylation sites (N-methyl/N-ethyl adjacent to an activating group) is 1. The normalized spacial score (nSPS) is 13.8. The summed E-state index contributed by atoms with van der Waals surface area (Å²) in [5.74, 6) is 0. The molecule has 1 unspecified atom stereocenters. The van der Waals surface area contributed by atoms with Crippen LogP contribution in [0.2, 0.25) is 5.02 Å². The number of nitrogens with one attached hydrogen (secondary N) is 2. The van der Waals surface area contributed by atoms with E-state index in [1.165, 1.54) is 0 Å². The van der Waals surface area contributed by atoms with Crippen molar-refractivity contribution in [2.45, 2.75) is 39.8 Å². The van der Waals surface area contributed by atoms with Crippen LogP contribution in [0.25, 0.3) is 0 Å². The average molecular weight is 348 g/mol. The lowest BCUT2D eigenvalue weighted by Crippen LogP contribution is -2.44. The Kier molecular flexibility index (Phi) is 7.79. The molecule has 2 N–H and O–H groups in total. The third-order valence-electron chi connectivity index (χ3n) is 3.37. The molecule has 1 rings (SSSR count). The molecule has 0 fully saturated rings. The highest BCUT2D eigenvalue weighted by Gasteiger charge is 2.21. The minimum atomic E-state index is -3.49. The third-order valence-corrected chi connectivity index (χ3v) is 4.95. The van der Waals surface area contributed by atoms with Gasteiger partial charge in [0.1, 0.15) is 0 Å². The van der Waals surface area contributed by atoms with Gasteiger partial charge in [0.2, 0.25) is 0 Å². The minimum absolute atomic E-state index is 0.0315. The second kappa shape index (κ2) is 8.84. The number of hydrogen-bond donors (Lipinski definition) is 2. The van der Waals surface area contributed by atoms with E-state index >= 15 is 0 Å². The van der Waals surface area contributed by atoms with Gasteiger partial charge in [-0.1, -0.05) is 37.6 Å². The van der Waals surface area contributed by atoms with Crippen molar-refractivity contribution < 1.29 is 8.42 Å². The second-order valence-electron chi connectivity index (χ2n) is 5.41. The lowest BCUT2D eigenvalue weighted by atomic mass is 10.1. The first-order valence-electron chi connectivity index (χ1n) is 7.55. The second-order valence-corrected chi connectivity index (χ2v) is 7.38. The Labute approximate surface area is 139 Å². The first-order valence-corrected chi connectivity index (χ1v) is 9.41. The van der Waals surface area contributed by atoms with Gasteiger partial charge in [0.15, 0.2) is 0 Å². The molecule has 0 saturated carbocycles. The Morgan fingerprint density at radius 2 is 1.68 bits per heavy atom. The first kappa shape index (κ1) is 19.4. The van der Waals surface area contributed by atoms with Crippen LogP contribution >= 0.6 is 11.6 Å². The zero-order valence-corrected chi connectivity index (χ0v) is 15.2. The van der Waals surface area contributed by atoms with Crippen molar-refractivity contribution in [1.82, 2.24) is 14.3 Å². The van der Waals surface area contributed by atoms with E-state index in [2.05, 4.69) is 28.2 Å². The highest BCUT2D eigenvalue weighted by molar-refractivity contribution is 7.87. The number of rotatable bonds is 9. The summed E-state index contributed by atoms with van der Waals surface area (Å²) >= 11 is 5.94. The van der Waals surface area contributed by atoms with Gasteiger partial charge in [-0.3, -0.25) is 4.90 Å². The van der Waals surface area contributed by atoms with Crippen LogP contribution in [0.3, 0.4) is 0 Å². The molecule has 22 heavy (non-hydrogen) atoms. The lowest BCUT2D eigenvalue weighted by molar-refractivity contribution is 0.219. The van der Waals surface area contributed by atoms with E-state index in [4.69, 9.17) is 11.6 Å². The van der Waals surface area contributed by atoms with Crippen molar-refractivity contribution in [2.75, 3.05) is 19.6 Å². The fraction of sp³-hybridized carbons (Fsp3) is 0.600.